The van der Waals surface area contributed by atoms with Gasteiger partial charge in [0.15, 0.2) is 0 Å². The van der Waals surface area contributed by atoms with E-state index in [4.69, 9.17) is 4.74 Å². The normalized spacial score (nSPS) is 14.2. The fraction of sp³-hybridized carbons (Fsp3) is 0.394. The number of benzene rings is 3. The smallest absolute Gasteiger partial charge is 0.243 e. The Bertz CT molecular complexity index is 1170. The number of carbonyl (C=O) groups excluding carboxylic acids is 2. The Morgan fingerprint density at radius 2 is 1.61 bits per heavy atom. The molecule has 38 heavy (non-hydrogen) atoms. The Balaban J connectivity index is 1.51. The topological polar surface area (TPSA) is 58.6 Å². The van der Waals surface area contributed by atoms with E-state index in [0.717, 1.165) is 48.1 Å². The van der Waals surface area contributed by atoms with Crippen LogP contribution in [0.25, 0.3) is 0 Å². The van der Waals surface area contributed by atoms with Crippen molar-refractivity contribution in [1.29, 1.82) is 0 Å². The quantitative estimate of drug-likeness (QED) is 0.296. The molecule has 2 amide bonds. The zero-order chi connectivity index (χ0) is 26.7. The van der Waals surface area contributed by atoms with Crippen molar-refractivity contribution in [2.24, 2.45) is 0 Å². The Labute approximate surface area is 227 Å². The number of hydrogen-bond donors (Lipinski definition) is 1. The second-order valence-corrected chi connectivity index (χ2v) is 10.5. The summed E-state index contributed by atoms with van der Waals surface area (Å²) in [5.41, 5.74) is 4.39. The first kappa shape index (κ1) is 27.4. The summed E-state index contributed by atoms with van der Waals surface area (Å²) in [4.78, 5) is 29.3. The molecule has 0 radical (unpaired) electrons. The Kier molecular flexibility index (Phi) is 9.97. The zero-order valence-corrected chi connectivity index (χ0v) is 22.7. The van der Waals surface area contributed by atoms with Crippen LogP contribution in [0.1, 0.15) is 60.8 Å². The van der Waals surface area contributed by atoms with Gasteiger partial charge in [0.25, 0.3) is 0 Å². The maximum atomic E-state index is 13.8. The van der Waals surface area contributed by atoms with Crippen molar-refractivity contribution in [3.05, 3.63) is 101 Å². The number of amides is 2. The number of ether oxygens (including phenoxy) is 1. The number of carbonyl (C=O) groups is 2. The fourth-order valence-electron chi connectivity index (χ4n) is 5.12. The molecule has 1 atom stereocenters. The van der Waals surface area contributed by atoms with E-state index in [-0.39, 0.29) is 17.9 Å². The van der Waals surface area contributed by atoms with E-state index >= 15 is 0 Å². The predicted octanol–water partition coefficient (Wildman–Crippen LogP) is 6.16. The Morgan fingerprint density at radius 3 is 2.32 bits per heavy atom. The molecule has 5 heteroatoms. The molecule has 1 saturated carbocycles. The molecule has 0 bridgehead atoms. The molecule has 0 spiro atoms. The van der Waals surface area contributed by atoms with E-state index in [0.29, 0.717) is 32.4 Å². The monoisotopic (exact) mass is 512 g/mol. The van der Waals surface area contributed by atoms with E-state index in [9.17, 15) is 9.59 Å². The molecule has 0 saturated heterocycles. The molecular weight excluding hydrogens is 472 g/mol. The third kappa shape index (κ3) is 8.20. The molecular formula is C33H40N2O3. The Hall–Kier alpha value is -3.60. The van der Waals surface area contributed by atoms with Gasteiger partial charge in [-0.15, -0.1) is 0 Å². The fourth-order valence-corrected chi connectivity index (χ4v) is 5.12. The summed E-state index contributed by atoms with van der Waals surface area (Å²) in [6.07, 6.45) is 5.68. The van der Waals surface area contributed by atoms with Crippen molar-refractivity contribution in [2.45, 2.75) is 77.4 Å². The molecule has 1 N–H and O–H groups in total. The van der Waals surface area contributed by atoms with Crippen LogP contribution in [0, 0.1) is 13.8 Å². The molecule has 3 aromatic carbocycles. The highest BCUT2D eigenvalue weighted by molar-refractivity contribution is 5.88. The summed E-state index contributed by atoms with van der Waals surface area (Å²) in [7, 11) is 0. The van der Waals surface area contributed by atoms with Crippen molar-refractivity contribution in [2.75, 3.05) is 6.61 Å². The van der Waals surface area contributed by atoms with Crippen molar-refractivity contribution in [1.82, 2.24) is 10.2 Å². The minimum atomic E-state index is -0.580. The van der Waals surface area contributed by atoms with Gasteiger partial charge in [0.1, 0.15) is 11.8 Å². The van der Waals surface area contributed by atoms with Gasteiger partial charge in [-0.25, -0.2) is 0 Å². The number of rotatable bonds is 12. The van der Waals surface area contributed by atoms with Gasteiger partial charge < -0.3 is 15.0 Å². The van der Waals surface area contributed by atoms with Crippen molar-refractivity contribution >= 4 is 11.8 Å². The SMILES string of the molecule is Cc1ccc(OCCCC(=O)N(Cc2cccc(C)c2)[C@H](Cc2ccccc2)C(=O)NC2CCCC2)cc1. The molecule has 200 valence electrons. The largest absolute Gasteiger partial charge is 0.494 e. The van der Waals surface area contributed by atoms with E-state index < -0.39 is 6.04 Å². The van der Waals surface area contributed by atoms with Crippen molar-refractivity contribution in [3.8, 4) is 5.75 Å². The van der Waals surface area contributed by atoms with Gasteiger partial charge >= 0.3 is 0 Å². The minimum absolute atomic E-state index is 0.0264. The van der Waals surface area contributed by atoms with Crippen LogP contribution in [0.4, 0.5) is 0 Å². The molecule has 0 aromatic heterocycles. The van der Waals surface area contributed by atoms with Crippen LogP contribution < -0.4 is 10.1 Å². The lowest BCUT2D eigenvalue weighted by Crippen LogP contribution is -2.52. The van der Waals surface area contributed by atoms with Gasteiger partial charge in [-0.1, -0.05) is 90.7 Å². The zero-order valence-electron chi connectivity index (χ0n) is 22.7. The molecule has 0 aliphatic heterocycles. The molecule has 1 aliphatic rings. The summed E-state index contributed by atoms with van der Waals surface area (Å²) in [6.45, 7) is 4.94. The van der Waals surface area contributed by atoms with Crippen LogP contribution in [-0.4, -0.2) is 35.4 Å². The number of aryl methyl sites for hydroxylation is 2. The second kappa shape index (κ2) is 13.8. The van der Waals surface area contributed by atoms with Crippen molar-refractivity contribution in [3.63, 3.8) is 0 Å². The van der Waals surface area contributed by atoms with Crippen LogP contribution >= 0.6 is 0 Å². The van der Waals surface area contributed by atoms with Crippen LogP contribution in [-0.2, 0) is 22.6 Å². The predicted molar refractivity (Wildman–Crippen MR) is 152 cm³/mol. The van der Waals surface area contributed by atoms with Crippen LogP contribution in [0.5, 0.6) is 5.75 Å². The summed E-state index contributed by atoms with van der Waals surface area (Å²) >= 11 is 0. The van der Waals surface area contributed by atoms with E-state index in [1.807, 2.05) is 86.6 Å². The lowest BCUT2D eigenvalue weighted by Gasteiger charge is -2.32. The van der Waals surface area contributed by atoms with Gasteiger partial charge in [0.05, 0.1) is 6.61 Å². The summed E-state index contributed by atoms with van der Waals surface area (Å²) in [5.74, 6) is 0.719. The summed E-state index contributed by atoms with van der Waals surface area (Å²) in [6, 6.07) is 25.7. The van der Waals surface area contributed by atoms with Crippen LogP contribution in [0.3, 0.4) is 0 Å². The first-order chi connectivity index (χ1) is 18.5. The van der Waals surface area contributed by atoms with Gasteiger partial charge in [0.2, 0.25) is 11.8 Å². The van der Waals surface area contributed by atoms with E-state index in [1.165, 1.54) is 5.56 Å². The lowest BCUT2D eigenvalue weighted by molar-refractivity contribution is -0.141. The van der Waals surface area contributed by atoms with Crippen LogP contribution in [0.15, 0.2) is 78.9 Å². The second-order valence-electron chi connectivity index (χ2n) is 10.5. The highest BCUT2D eigenvalue weighted by atomic mass is 16.5. The molecule has 5 nitrogen and oxygen atoms in total. The third-order valence-corrected chi connectivity index (χ3v) is 7.23. The van der Waals surface area contributed by atoms with Gasteiger partial charge in [-0.05, 0) is 56.4 Å². The maximum absolute atomic E-state index is 13.8. The summed E-state index contributed by atoms with van der Waals surface area (Å²) < 4.78 is 5.87. The molecule has 0 unspecified atom stereocenters. The lowest BCUT2D eigenvalue weighted by atomic mass is 10.0. The average molecular weight is 513 g/mol. The average Bonchev–Trinajstić information content (AvgIpc) is 3.43. The molecule has 4 rings (SSSR count). The van der Waals surface area contributed by atoms with E-state index in [2.05, 4.69) is 11.4 Å². The van der Waals surface area contributed by atoms with Gasteiger partial charge in [-0.2, -0.15) is 0 Å². The van der Waals surface area contributed by atoms with Crippen LogP contribution in [0.2, 0.25) is 0 Å². The number of nitrogens with one attached hydrogen (secondary N) is 1. The van der Waals surface area contributed by atoms with Gasteiger partial charge in [-0.3, -0.25) is 9.59 Å². The molecule has 1 aliphatic carbocycles. The minimum Gasteiger partial charge on any atom is -0.494 e. The Morgan fingerprint density at radius 1 is 0.895 bits per heavy atom. The van der Waals surface area contributed by atoms with Gasteiger partial charge in [0, 0.05) is 25.4 Å². The highest BCUT2D eigenvalue weighted by Gasteiger charge is 2.32. The third-order valence-electron chi connectivity index (χ3n) is 7.23. The standard InChI is InChI=1S/C33H40N2O3/c1-25-17-19-30(20-18-25)38-21-9-16-32(36)35(24-28-13-8-10-26(2)22-28)31(23-27-11-4-3-5-12-27)33(37)34-29-14-6-7-15-29/h3-5,8,10-13,17-20,22,29,31H,6-7,9,14-16,21,23-24H2,1-2H3,(H,34,37)/t31-/m1/s1. The first-order valence-corrected chi connectivity index (χ1v) is 13.9. The maximum Gasteiger partial charge on any atom is 0.243 e. The highest BCUT2D eigenvalue weighted by Crippen LogP contribution is 2.21. The molecule has 3 aromatic rings. The molecule has 1 fully saturated rings. The summed E-state index contributed by atoms with van der Waals surface area (Å²) in [5, 5.41) is 3.27. The van der Waals surface area contributed by atoms with Crippen molar-refractivity contribution < 1.29 is 14.3 Å². The first-order valence-electron chi connectivity index (χ1n) is 13.9. The number of nitrogens with zero attached hydrogens (tertiary/aromatic N) is 1. The number of hydrogen-bond acceptors (Lipinski definition) is 3. The van der Waals surface area contributed by atoms with E-state index in [1.54, 1.807) is 4.90 Å². The molecule has 0 heterocycles.